The van der Waals surface area contributed by atoms with E-state index in [1.165, 1.54) is 47.0 Å². The molecule has 2 heterocycles. The summed E-state index contributed by atoms with van der Waals surface area (Å²) in [7, 11) is 4.60. The molecule has 0 bridgehead atoms. The van der Waals surface area contributed by atoms with Crippen LogP contribution in [-0.4, -0.2) is 45.3 Å². The highest BCUT2D eigenvalue weighted by Crippen LogP contribution is 2.40. The summed E-state index contributed by atoms with van der Waals surface area (Å²) in [5.74, 6) is 1.13. The van der Waals surface area contributed by atoms with Crippen molar-refractivity contribution < 1.29 is 19.0 Å². The second-order valence-electron chi connectivity index (χ2n) is 6.67. The third-order valence-electron chi connectivity index (χ3n) is 4.87. The summed E-state index contributed by atoms with van der Waals surface area (Å²) in [5, 5.41) is 2.84. The summed E-state index contributed by atoms with van der Waals surface area (Å²) in [6, 6.07) is 7.09. The fraction of sp³-hybridized carbons (Fsp3) is 0.429. The van der Waals surface area contributed by atoms with Crippen LogP contribution >= 0.6 is 0 Å². The molecule has 0 radical (unpaired) electrons. The number of hydrogen-bond donors (Lipinski definition) is 1. The number of anilines is 2. The lowest BCUT2D eigenvalue weighted by atomic mass is 10.2. The first-order chi connectivity index (χ1) is 13.7. The van der Waals surface area contributed by atoms with Gasteiger partial charge >= 0.3 is 0 Å². The van der Waals surface area contributed by atoms with Crippen LogP contribution in [-0.2, 0) is 0 Å². The Morgan fingerprint density at radius 2 is 1.61 bits per heavy atom. The van der Waals surface area contributed by atoms with Crippen molar-refractivity contribution in [1.29, 1.82) is 0 Å². The molecule has 1 aromatic carbocycles. The standard InChI is InChI=1S/C21H27N3O4/c1-26-18-12-15(13-19(27-2)20(18)28-3)23-21(25)17-9-8-16(14-22-17)24-10-6-4-5-7-11-24/h8-9,12-14H,4-7,10-11H2,1-3H3,(H,23,25). The predicted molar refractivity (Wildman–Crippen MR) is 109 cm³/mol. The third kappa shape index (κ3) is 4.47. The molecule has 7 heteroatoms. The molecule has 1 aliphatic heterocycles. The van der Waals surface area contributed by atoms with Crippen LogP contribution in [0.25, 0.3) is 0 Å². The van der Waals surface area contributed by atoms with E-state index in [4.69, 9.17) is 14.2 Å². The molecule has 1 amide bonds. The van der Waals surface area contributed by atoms with E-state index in [-0.39, 0.29) is 5.91 Å². The van der Waals surface area contributed by atoms with Gasteiger partial charge < -0.3 is 24.4 Å². The average Bonchev–Trinajstić information content (AvgIpc) is 3.02. The van der Waals surface area contributed by atoms with Crippen molar-refractivity contribution >= 4 is 17.3 Å². The fourth-order valence-corrected chi connectivity index (χ4v) is 3.38. The molecule has 1 aliphatic rings. The van der Waals surface area contributed by atoms with Gasteiger partial charge in [-0.25, -0.2) is 4.98 Å². The van der Waals surface area contributed by atoms with Gasteiger partial charge in [-0.15, -0.1) is 0 Å². The van der Waals surface area contributed by atoms with Crippen molar-refractivity contribution in [2.75, 3.05) is 44.6 Å². The van der Waals surface area contributed by atoms with Gasteiger partial charge in [0.25, 0.3) is 5.91 Å². The zero-order valence-corrected chi connectivity index (χ0v) is 16.7. The fourth-order valence-electron chi connectivity index (χ4n) is 3.38. The monoisotopic (exact) mass is 385 g/mol. The Morgan fingerprint density at radius 1 is 0.964 bits per heavy atom. The highest BCUT2D eigenvalue weighted by Gasteiger charge is 2.16. The molecule has 1 N–H and O–H groups in total. The number of ether oxygens (including phenoxy) is 3. The second kappa shape index (κ2) is 9.30. The minimum Gasteiger partial charge on any atom is -0.493 e. The molecule has 1 fully saturated rings. The second-order valence-corrected chi connectivity index (χ2v) is 6.67. The van der Waals surface area contributed by atoms with Crippen LogP contribution in [0.4, 0.5) is 11.4 Å². The number of hydrogen-bond acceptors (Lipinski definition) is 6. The SMILES string of the molecule is COc1cc(NC(=O)c2ccc(N3CCCCCC3)cn2)cc(OC)c1OC. The zero-order valence-electron chi connectivity index (χ0n) is 16.7. The molecule has 0 atom stereocenters. The molecular weight excluding hydrogens is 358 g/mol. The number of nitrogens with zero attached hydrogens (tertiary/aromatic N) is 2. The van der Waals surface area contributed by atoms with Crippen LogP contribution in [0.1, 0.15) is 36.2 Å². The summed E-state index contributed by atoms with van der Waals surface area (Å²) in [5.41, 5.74) is 1.96. The molecule has 1 aromatic heterocycles. The lowest BCUT2D eigenvalue weighted by molar-refractivity contribution is 0.102. The number of nitrogens with one attached hydrogen (secondary N) is 1. The highest BCUT2D eigenvalue weighted by atomic mass is 16.5. The van der Waals surface area contributed by atoms with Crippen LogP contribution in [0.3, 0.4) is 0 Å². The number of aromatic nitrogens is 1. The van der Waals surface area contributed by atoms with Crippen molar-refractivity contribution in [2.45, 2.75) is 25.7 Å². The summed E-state index contributed by atoms with van der Waals surface area (Å²) < 4.78 is 15.9. The van der Waals surface area contributed by atoms with Crippen LogP contribution < -0.4 is 24.4 Å². The molecule has 28 heavy (non-hydrogen) atoms. The number of methoxy groups -OCH3 is 3. The van der Waals surface area contributed by atoms with Crippen LogP contribution in [0, 0.1) is 0 Å². The molecule has 150 valence electrons. The number of rotatable bonds is 6. The Balaban J connectivity index is 1.74. The van der Waals surface area contributed by atoms with Crippen LogP contribution in [0.2, 0.25) is 0 Å². The largest absolute Gasteiger partial charge is 0.493 e. The van der Waals surface area contributed by atoms with Gasteiger partial charge in [-0.1, -0.05) is 12.8 Å². The van der Waals surface area contributed by atoms with Crippen molar-refractivity contribution in [2.24, 2.45) is 0 Å². The average molecular weight is 385 g/mol. The van der Waals surface area contributed by atoms with Gasteiger partial charge in [-0.2, -0.15) is 0 Å². The van der Waals surface area contributed by atoms with Gasteiger partial charge in [0.15, 0.2) is 11.5 Å². The maximum atomic E-state index is 12.6. The van der Waals surface area contributed by atoms with E-state index in [1.807, 2.05) is 6.07 Å². The summed E-state index contributed by atoms with van der Waals surface area (Å²) in [4.78, 5) is 19.3. The lowest BCUT2D eigenvalue weighted by Gasteiger charge is -2.22. The van der Waals surface area contributed by atoms with E-state index >= 15 is 0 Å². The molecule has 0 spiro atoms. The Morgan fingerprint density at radius 3 is 2.11 bits per heavy atom. The van der Waals surface area contributed by atoms with Crippen molar-refractivity contribution in [1.82, 2.24) is 4.98 Å². The van der Waals surface area contributed by atoms with Gasteiger partial charge in [-0.05, 0) is 25.0 Å². The molecular formula is C21H27N3O4. The van der Waals surface area contributed by atoms with E-state index in [0.29, 0.717) is 28.6 Å². The zero-order chi connectivity index (χ0) is 19.9. The Labute approximate surface area is 165 Å². The van der Waals surface area contributed by atoms with Gasteiger partial charge in [-0.3, -0.25) is 4.79 Å². The smallest absolute Gasteiger partial charge is 0.274 e. The molecule has 7 nitrogen and oxygen atoms in total. The maximum Gasteiger partial charge on any atom is 0.274 e. The molecule has 0 aliphatic carbocycles. The van der Waals surface area contributed by atoms with Gasteiger partial charge in [0, 0.05) is 30.9 Å². The van der Waals surface area contributed by atoms with Crippen LogP contribution in [0.15, 0.2) is 30.5 Å². The number of amides is 1. The van der Waals surface area contributed by atoms with Crippen molar-refractivity contribution in [3.8, 4) is 17.2 Å². The first-order valence-corrected chi connectivity index (χ1v) is 9.48. The van der Waals surface area contributed by atoms with Gasteiger partial charge in [0.1, 0.15) is 5.69 Å². The number of benzene rings is 1. The Kier molecular flexibility index (Phi) is 6.57. The summed E-state index contributed by atoms with van der Waals surface area (Å²) in [6.07, 6.45) is 6.72. The van der Waals surface area contributed by atoms with Crippen LogP contribution in [0.5, 0.6) is 17.2 Å². The quantitative estimate of drug-likeness (QED) is 0.817. The van der Waals surface area contributed by atoms with E-state index in [0.717, 1.165) is 18.8 Å². The third-order valence-corrected chi connectivity index (χ3v) is 4.87. The lowest BCUT2D eigenvalue weighted by Crippen LogP contribution is -2.24. The molecule has 3 rings (SSSR count). The summed E-state index contributed by atoms with van der Waals surface area (Å²) in [6.45, 7) is 2.08. The molecule has 0 unspecified atom stereocenters. The molecule has 0 saturated carbocycles. The maximum absolute atomic E-state index is 12.6. The number of pyridine rings is 1. The minimum absolute atomic E-state index is 0.295. The number of carbonyl (C=O) groups is 1. The van der Waals surface area contributed by atoms with Gasteiger partial charge in [0.2, 0.25) is 5.75 Å². The van der Waals surface area contributed by atoms with E-state index < -0.39 is 0 Å². The predicted octanol–water partition coefficient (Wildman–Crippen LogP) is 3.74. The van der Waals surface area contributed by atoms with Gasteiger partial charge in [0.05, 0.1) is 33.2 Å². The minimum atomic E-state index is -0.295. The topological polar surface area (TPSA) is 72.9 Å². The van der Waals surface area contributed by atoms with E-state index in [2.05, 4.69) is 15.2 Å². The van der Waals surface area contributed by atoms with E-state index in [1.54, 1.807) is 24.4 Å². The van der Waals surface area contributed by atoms with E-state index in [9.17, 15) is 4.79 Å². The summed E-state index contributed by atoms with van der Waals surface area (Å²) >= 11 is 0. The van der Waals surface area contributed by atoms with Crippen molar-refractivity contribution in [3.05, 3.63) is 36.2 Å². The molecule has 2 aromatic rings. The first-order valence-electron chi connectivity index (χ1n) is 9.48. The Hall–Kier alpha value is -2.96. The Bertz CT molecular complexity index is 775. The number of carbonyl (C=O) groups excluding carboxylic acids is 1. The normalized spacial score (nSPS) is 14.2. The highest BCUT2D eigenvalue weighted by molar-refractivity contribution is 6.03. The molecule has 1 saturated heterocycles. The van der Waals surface area contributed by atoms with Crippen molar-refractivity contribution in [3.63, 3.8) is 0 Å². The first kappa shape index (κ1) is 19.8.